The number of aromatic hydroxyl groups is 1. The summed E-state index contributed by atoms with van der Waals surface area (Å²) in [5, 5.41) is 10.9. The van der Waals surface area contributed by atoms with Gasteiger partial charge in [0, 0.05) is 38.6 Å². The second-order valence-corrected chi connectivity index (χ2v) is 9.99. The van der Waals surface area contributed by atoms with Crippen LogP contribution in [0.5, 0.6) is 5.75 Å². The molecule has 0 atom stereocenters. The van der Waals surface area contributed by atoms with Gasteiger partial charge in [-0.1, -0.05) is 90.0 Å². The van der Waals surface area contributed by atoms with Crippen LogP contribution in [0.4, 0.5) is 0 Å². The predicted octanol–water partition coefficient (Wildman–Crippen LogP) is 8.52. The number of para-hydroxylation sites is 2. The van der Waals surface area contributed by atoms with Crippen LogP contribution in [0.3, 0.4) is 0 Å². The van der Waals surface area contributed by atoms with Gasteiger partial charge in [-0.25, -0.2) is 4.98 Å². The van der Waals surface area contributed by atoms with Gasteiger partial charge in [0.05, 0.1) is 16.6 Å². The Morgan fingerprint density at radius 2 is 1.36 bits per heavy atom. The largest absolute Gasteiger partial charge is 0.507 e. The van der Waals surface area contributed by atoms with Crippen LogP contribution in [-0.2, 0) is 27.5 Å². The summed E-state index contributed by atoms with van der Waals surface area (Å²) < 4.78 is 2.14. The van der Waals surface area contributed by atoms with Crippen LogP contribution in [0.2, 0.25) is 0 Å². The molecule has 206 valence electrons. The van der Waals surface area contributed by atoms with E-state index in [0.29, 0.717) is 11.4 Å². The van der Waals surface area contributed by atoms with Crippen molar-refractivity contribution in [2.75, 3.05) is 0 Å². The third-order valence-electron chi connectivity index (χ3n) is 7.26. The second kappa shape index (κ2) is 12.0. The molecule has 0 bridgehead atoms. The smallest absolute Gasteiger partial charge is 0.148 e. The fraction of sp³-hybridized carbons (Fsp3) is 0.0270. The number of phenolic OH excluding ortho intramolecular Hbond substituents is 1. The summed E-state index contributed by atoms with van der Waals surface area (Å²) in [4.78, 5) is 9.76. The Labute approximate surface area is 259 Å². The second-order valence-electron chi connectivity index (χ2n) is 9.99. The molecule has 0 amide bonds. The monoisotopic (exact) mass is 723 g/mol. The summed E-state index contributed by atoms with van der Waals surface area (Å²) >= 11 is 0. The van der Waals surface area contributed by atoms with E-state index in [2.05, 4.69) is 70.2 Å². The van der Waals surface area contributed by atoms with E-state index in [1.165, 1.54) is 5.56 Å². The molecule has 0 aliphatic heterocycles. The van der Waals surface area contributed by atoms with E-state index in [-0.39, 0.29) is 26.8 Å². The molecule has 5 aromatic carbocycles. The molecule has 0 spiro atoms. The van der Waals surface area contributed by atoms with E-state index in [0.717, 1.165) is 51.1 Å². The van der Waals surface area contributed by atoms with Gasteiger partial charge < -0.3 is 5.11 Å². The number of rotatable bonds is 6. The standard InChI is InChI=1S/C37H26N3O.Pt/c41-35-20-8-7-18-31(35)37-39-36-32(28-14-11-15-29(25-28)33-19-9-10-21-38-33)23-27(22-26-12-3-1-4-13-26)24-34(36)40(37)30-16-5-2-6-17-30;/h1-21,23-24,41H,22H2;/q-1;. The molecule has 1 N–H and O–H groups in total. The molecule has 7 aromatic rings. The SMILES string of the molecule is Oc1ccccc1-c1nc2c(-c3[c-]c(-c4ccccn4)ccc3)cc(Cc3ccccc3)cc2n1-c1ccccc1.[Pt]. The van der Waals surface area contributed by atoms with Crippen molar-refractivity contribution < 1.29 is 26.2 Å². The first-order valence-corrected chi connectivity index (χ1v) is 13.6. The molecule has 7 rings (SSSR count). The Kier molecular flexibility index (Phi) is 7.81. The van der Waals surface area contributed by atoms with Crippen LogP contribution >= 0.6 is 0 Å². The third kappa shape index (κ3) is 5.30. The zero-order valence-corrected chi connectivity index (χ0v) is 24.9. The van der Waals surface area contributed by atoms with Gasteiger partial charge in [0.2, 0.25) is 0 Å². The molecule has 4 nitrogen and oxygen atoms in total. The number of pyridine rings is 1. The van der Waals surface area contributed by atoms with Gasteiger partial charge in [0.15, 0.2) is 0 Å². The number of imidazole rings is 1. The zero-order chi connectivity index (χ0) is 27.6. The van der Waals surface area contributed by atoms with E-state index in [1.54, 1.807) is 12.3 Å². The first kappa shape index (κ1) is 27.4. The third-order valence-corrected chi connectivity index (χ3v) is 7.26. The van der Waals surface area contributed by atoms with Crippen molar-refractivity contribution in [2.24, 2.45) is 0 Å². The van der Waals surface area contributed by atoms with Crippen LogP contribution < -0.4 is 0 Å². The number of fused-ring (bicyclic) bond motifs is 1. The van der Waals surface area contributed by atoms with Gasteiger partial charge in [-0.2, -0.15) is 0 Å². The molecule has 42 heavy (non-hydrogen) atoms. The summed E-state index contributed by atoms with van der Waals surface area (Å²) in [6.07, 6.45) is 2.57. The molecule has 0 aliphatic rings. The Bertz CT molecular complexity index is 1970. The van der Waals surface area contributed by atoms with E-state index in [9.17, 15) is 5.11 Å². The minimum absolute atomic E-state index is 0. The van der Waals surface area contributed by atoms with Gasteiger partial charge in [-0.15, -0.1) is 29.8 Å². The number of hydrogen-bond acceptors (Lipinski definition) is 3. The maximum Gasteiger partial charge on any atom is 0.148 e. The molecule has 0 aliphatic carbocycles. The Morgan fingerprint density at radius 3 is 2.12 bits per heavy atom. The van der Waals surface area contributed by atoms with Crippen molar-refractivity contribution in [3.63, 3.8) is 0 Å². The normalized spacial score (nSPS) is 10.9. The van der Waals surface area contributed by atoms with Gasteiger partial charge in [-0.3, -0.25) is 9.55 Å². The Morgan fingerprint density at radius 1 is 0.643 bits per heavy atom. The van der Waals surface area contributed by atoms with E-state index < -0.39 is 0 Å². The van der Waals surface area contributed by atoms with Crippen LogP contribution in [0, 0.1) is 6.07 Å². The van der Waals surface area contributed by atoms with Crippen LogP contribution in [-0.4, -0.2) is 19.6 Å². The average Bonchev–Trinajstić information content (AvgIpc) is 3.41. The number of phenols is 1. The summed E-state index contributed by atoms with van der Waals surface area (Å²) in [6.45, 7) is 0. The molecule has 0 unspecified atom stereocenters. The first-order valence-electron chi connectivity index (χ1n) is 13.6. The minimum Gasteiger partial charge on any atom is -0.507 e. The molecular weight excluding hydrogens is 698 g/mol. The van der Waals surface area contributed by atoms with E-state index >= 15 is 0 Å². The minimum atomic E-state index is 0. The maximum atomic E-state index is 10.9. The van der Waals surface area contributed by atoms with Crippen molar-refractivity contribution in [1.29, 1.82) is 0 Å². The van der Waals surface area contributed by atoms with Gasteiger partial charge in [-0.05, 0) is 53.9 Å². The Hall–Kier alpha value is -4.79. The fourth-order valence-electron chi connectivity index (χ4n) is 5.35. The predicted molar refractivity (Wildman–Crippen MR) is 165 cm³/mol. The molecule has 0 saturated heterocycles. The average molecular weight is 724 g/mol. The topological polar surface area (TPSA) is 50.9 Å². The molecule has 0 fully saturated rings. The molecular formula is C37H26N3OPt-. The zero-order valence-electron chi connectivity index (χ0n) is 22.6. The number of hydrogen-bond donors (Lipinski definition) is 1. The van der Waals surface area contributed by atoms with Crippen molar-refractivity contribution in [3.05, 3.63) is 157 Å². The summed E-state index contributed by atoms with van der Waals surface area (Å²) in [7, 11) is 0. The van der Waals surface area contributed by atoms with Crippen molar-refractivity contribution >= 4 is 11.0 Å². The van der Waals surface area contributed by atoms with Crippen molar-refractivity contribution in [3.8, 4) is 45.2 Å². The van der Waals surface area contributed by atoms with E-state index in [4.69, 9.17) is 4.98 Å². The van der Waals surface area contributed by atoms with Crippen molar-refractivity contribution in [2.45, 2.75) is 6.42 Å². The Balaban J connectivity index is 0.00000316. The summed E-state index contributed by atoms with van der Waals surface area (Å²) in [5.41, 5.74) is 9.58. The number of nitrogens with zero attached hydrogens (tertiary/aromatic N) is 3. The van der Waals surface area contributed by atoms with Crippen LogP contribution in [0.25, 0.3) is 50.5 Å². The van der Waals surface area contributed by atoms with Gasteiger partial charge in [0.1, 0.15) is 11.6 Å². The first-order chi connectivity index (χ1) is 20.2. The van der Waals surface area contributed by atoms with E-state index in [1.807, 2.05) is 72.8 Å². The summed E-state index contributed by atoms with van der Waals surface area (Å²) in [5.74, 6) is 0.873. The van der Waals surface area contributed by atoms with Gasteiger partial charge in [0.25, 0.3) is 0 Å². The maximum absolute atomic E-state index is 10.9. The molecule has 2 aromatic heterocycles. The van der Waals surface area contributed by atoms with Gasteiger partial charge >= 0.3 is 0 Å². The molecule has 5 heteroatoms. The molecule has 0 radical (unpaired) electrons. The van der Waals surface area contributed by atoms with Crippen LogP contribution in [0.15, 0.2) is 140 Å². The fourth-order valence-corrected chi connectivity index (χ4v) is 5.35. The molecule has 0 saturated carbocycles. The summed E-state index contributed by atoms with van der Waals surface area (Å²) in [6, 6.07) is 48.2. The molecule has 2 heterocycles. The quantitative estimate of drug-likeness (QED) is 0.175. The van der Waals surface area contributed by atoms with Crippen LogP contribution in [0.1, 0.15) is 11.1 Å². The number of aromatic nitrogens is 3. The van der Waals surface area contributed by atoms with Crippen molar-refractivity contribution in [1.82, 2.24) is 14.5 Å². The number of benzene rings is 5.